The summed E-state index contributed by atoms with van der Waals surface area (Å²) in [6.07, 6.45) is 2.02. The Kier molecular flexibility index (Phi) is 2.65. The topological polar surface area (TPSA) is 103 Å². The molecule has 0 atom stereocenters. The van der Waals surface area contributed by atoms with Crippen LogP contribution in [0.4, 0.5) is 4.79 Å². The fourth-order valence-corrected chi connectivity index (χ4v) is 3.01. The minimum atomic E-state index is -3.63. The van der Waals surface area contributed by atoms with Crippen LogP contribution in [0.2, 0.25) is 0 Å². The summed E-state index contributed by atoms with van der Waals surface area (Å²) in [6, 6.07) is 0. The smallest absolute Gasteiger partial charge is 0.323 e. The third-order valence-electron chi connectivity index (χ3n) is 2.70. The van der Waals surface area contributed by atoms with Gasteiger partial charge < -0.3 is 5.32 Å². The summed E-state index contributed by atoms with van der Waals surface area (Å²) in [5, 5.41) is 5.71. The number of oxime groups is 1. The Balaban J connectivity index is 2.53. The van der Waals surface area contributed by atoms with Crippen LogP contribution in [0.25, 0.3) is 0 Å². The van der Waals surface area contributed by atoms with Gasteiger partial charge in [-0.15, -0.1) is 0 Å². The molecule has 98 valence electrons. The van der Waals surface area contributed by atoms with Crippen molar-refractivity contribution in [1.29, 1.82) is 0 Å². The Morgan fingerprint density at radius 2 is 2.22 bits per heavy atom. The largest absolute Gasteiger partial charge is 0.433 e. The lowest BCUT2D eigenvalue weighted by Gasteiger charge is -2.15. The standard InChI is InChI=1S/C9H12N4O4S/c1-9(2)6(12-17-8(14)10-3)13-5-4-11-7(13)18(9,15)16/h4-5H,1-3H3,(H,10,14). The van der Waals surface area contributed by atoms with E-state index in [0.717, 1.165) is 0 Å². The number of carbonyl (C=O) groups is 1. The van der Waals surface area contributed by atoms with Gasteiger partial charge in [0.2, 0.25) is 15.0 Å². The quantitative estimate of drug-likeness (QED) is 0.571. The first-order chi connectivity index (χ1) is 8.32. The van der Waals surface area contributed by atoms with Crippen molar-refractivity contribution in [1.82, 2.24) is 14.9 Å². The SMILES string of the molecule is CNC(=O)ON=C1n2ccnc2S(=O)(=O)C1(C)C. The number of rotatable bonds is 1. The summed E-state index contributed by atoms with van der Waals surface area (Å²) in [5.41, 5.74) is 0. The molecule has 1 aliphatic heterocycles. The highest BCUT2D eigenvalue weighted by Crippen LogP contribution is 2.33. The number of sulfone groups is 1. The fourth-order valence-electron chi connectivity index (χ4n) is 1.57. The maximum absolute atomic E-state index is 12.2. The molecule has 0 aliphatic carbocycles. The molecule has 1 aromatic heterocycles. The summed E-state index contributed by atoms with van der Waals surface area (Å²) < 4.78 is 24.3. The van der Waals surface area contributed by atoms with Crippen molar-refractivity contribution in [3.8, 4) is 0 Å². The summed E-state index contributed by atoms with van der Waals surface area (Å²) in [6.45, 7) is 2.95. The Bertz CT molecular complexity index is 629. The van der Waals surface area contributed by atoms with E-state index in [4.69, 9.17) is 0 Å². The molecule has 18 heavy (non-hydrogen) atoms. The Hall–Kier alpha value is -1.90. The van der Waals surface area contributed by atoms with Crippen LogP contribution in [-0.4, -0.2) is 41.7 Å². The highest BCUT2D eigenvalue weighted by molar-refractivity contribution is 7.93. The van der Waals surface area contributed by atoms with Crippen LogP contribution in [0.3, 0.4) is 0 Å². The number of hydrogen-bond acceptors (Lipinski definition) is 6. The number of nitrogens with one attached hydrogen (secondary N) is 1. The van der Waals surface area contributed by atoms with Crippen LogP contribution in [0.5, 0.6) is 0 Å². The molecule has 9 heteroatoms. The van der Waals surface area contributed by atoms with Gasteiger partial charge >= 0.3 is 6.09 Å². The monoisotopic (exact) mass is 272 g/mol. The van der Waals surface area contributed by atoms with Crippen LogP contribution >= 0.6 is 0 Å². The van der Waals surface area contributed by atoms with Gasteiger partial charge in [-0.05, 0) is 13.8 Å². The third-order valence-corrected chi connectivity index (χ3v) is 5.01. The normalized spacial score (nSPS) is 21.6. The first kappa shape index (κ1) is 12.6. The van der Waals surface area contributed by atoms with Gasteiger partial charge in [-0.25, -0.2) is 18.2 Å². The number of aromatic nitrogens is 2. The van der Waals surface area contributed by atoms with Crippen LogP contribution in [-0.2, 0) is 14.7 Å². The van der Waals surface area contributed by atoms with E-state index < -0.39 is 20.7 Å². The van der Waals surface area contributed by atoms with Crippen molar-refractivity contribution in [3.63, 3.8) is 0 Å². The van der Waals surface area contributed by atoms with Gasteiger partial charge in [-0.1, -0.05) is 5.16 Å². The Labute approximate surface area is 104 Å². The van der Waals surface area contributed by atoms with Crippen molar-refractivity contribution < 1.29 is 18.0 Å². The second kappa shape index (κ2) is 3.80. The van der Waals surface area contributed by atoms with E-state index in [1.807, 2.05) is 0 Å². The average molecular weight is 272 g/mol. The van der Waals surface area contributed by atoms with Crippen molar-refractivity contribution >= 4 is 21.8 Å². The van der Waals surface area contributed by atoms with Crippen LogP contribution in [0.15, 0.2) is 22.7 Å². The van der Waals surface area contributed by atoms with Gasteiger partial charge in [-0.3, -0.25) is 9.40 Å². The molecular formula is C9H12N4O4S. The van der Waals surface area contributed by atoms with Crippen LogP contribution < -0.4 is 5.32 Å². The van der Waals surface area contributed by atoms with Crippen molar-refractivity contribution in [2.24, 2.45) is 5.16 Å². The molecule has 8 nitrogen and oxygen atoms in total. The second-order valence-corrected chi connectivity index (χ2v) is 6.53. The minimum Gasteiger partial charge on any atom is -0.323 e. The number of imidazole rings is 1. The molecule has 2 rings (SSSR count). The van der Waals surface area contributed by atoms with Gasteiger partial charge in [0.25, 0.3) is 0 Å². The van der Waals surface area contributed by atoms with Crippen LogP contribution in [0, 0.1) is 0 Å². The highest BCUT2D eigenvalue weighted by atomic mass is 32.2. The molecule has 0 saturated carbocycles. The summed E-state index contributed by atoms with van der Waals surface area (Å²) in [7, 11) is -2.26. The highest BCUT2D eigenvalue weighted by Gasteiger charge is 2.51. The van der Waals surface area contributed by atoms with Gasteiger partial charge in [0.15, 0.2) is 5.84 Å². The number of fused-ring (bicyclic) bond motifs is 1. The van der Waals surface area contributed by atoms with E-state index in [1.54, 1.807) is 0 Å². The predicted molar refractivity (Wildman–Crippen MR) is 61.9 cm³/mol. The molecule has 0 aromatic carbocycles. The Morgan fingerprint density at radius 1 is 1.56 bits per heavy atom. The van der Waals surface area contributed by atoms with E-state index in [-0.39, 0.29) is 11.0 Å². The number of nitrogens with zero attached hydrogens (tertiary/aromatic N) is 3. The zero-order valence-corrected chi connectivity index (χ0v) is 10.9. The van der Waals surface area contributed by atoms with Crippen molar-refractivity contribution in [2.75, 3.05) is 7.05 Å². The molecule has 0 saturated heterocycles. The summed E-state index contributed by atoms with van der Waals surface area (Å²) in [4.78, 5) is 19.3. The first-order valence-corrected chi connectivity index (χ1v) is 6.56. The first-order valence-electron chi connectivity index (χ1n) is 5.08. The lowest BCUT2D eigenvalue weighted by atomic mass is 10.2. The molecule has 1 aliphatic rings. The minimum absolute atomic E-state index is 0.0959. The lowest BCUT2D eigenvalue weighted by Crippen LogP contribution is -2.37. The molecule has 0 unspecified atom stereocenters. The molecule has 2 heterocycles. The Morgan fingerprint density at radius 3 is 2.83 bits per heavy atom. The van der Waals surface area contributed by atoms with Crippen molar-refractivity contribution in [2.45, 2.75) is 23.8 Å². The number of carbonyl (C=O) groups excluding carboxylic acids is 1. The van der Waals surface area contributed by atoms with E-state index in [0.29, 0.717) is 0 Å². The van der Waals surface area contributed by atoms with E-state index in [1.165, 1.54) is 37.9 Å². The molecule has 0 spiro atoms. The molecule has 0 bridgehead atoms. The van der Waals surface area contributed by atoms with Gasteiger partial charge in [0.1, 0.15) is 4.75 Å². The third kappa shape index (κ3) is 1.50. The predicted octanol–water partition coefficient (Wildman–Crippen LogP) is -0.0334. The molecule has 1 amide bonds. The average Bonchev–Trinajstić information content (AvgIpc) is 2.81. The van der Waals surface area contributed by atoms with Gasteiger partial charge in [0, 0.05) is 19.4 Å². The number of amides is 1. The van der Waals surface area contributed by atoms with E-state index >= 15 is 0 Å². The molecule has 0 fully saturated rings. The molecule has 1 N–H and O–H groups in total. The second-order valence-electron chi connectivity index (χ2n) is 4.14. The van der Waals surface area contributed by atoms with E-state index in [2.05, 4.69) is 20.3 Å². The molecular weight excluding hydrogens is 260 g/mol. The maximum Gasteiger partial charge on any atom is 0.433 e. The number of hydrogen-bond donors (Lipinski definition) is 1. The summed E-state index contributed by atoms with van der Waals surface area (Å²) in [5.74, 6) is 0.0959. The fraction of sp³-hybridized carbons (Fsp3) is 0.444. The van der Waals surface area contributed by atoms with Gasteiger partial charge in [-0.2, -0.15) is 0 Å². The zero-order chi connectivity index (χ0) is 13.6. The van der Waals surface area contributed by atoms with Crippen molar-refractivity contribution in [3.05, 3.63) is 12.4 Å². The maximum atomic E-state index is 12.2. The van der Waals surface area contributed by atoms with Gasteiger partial charge in [0.05, 0.1) is 0 Å². The van der Waals surface area contributed by atoms with E-state index in [9.17, 15) is 13.2 Å². The molecule has 1 aromatic rings. The molecule has 0 radical (unpaired) electrons. The van der Waals surface area contributed by atoms with Crippen LogP contribution in [0.1, 0.15) is 13.8 Å². The lowest BCUT2D eigenvalue weighted by molar-refractivity contribution is 0.152. The summed E-state index contributed by atoms with van der Waals surface area (Å²) >= 11 is 0. The zero-order valence-electron chi connectivity index (χ0n) is 10.0.